The highest BCUT2D eigenvalue weighted by molar-refractivity contribution is 6.31. The number of aromatic nitrogens is 1. The van der Waals surface area contributed by atoms with Crippen molar-refractivity contribution in [3.63, 3.8) is 0 Å². The molecule has 1 aliphatic heterocycles. The van der Waals surface area contributed by atoms with Crippen molar-refractivity contribution in [2.75, 3.05) is 19.1 Å². The smallest absolute Gasteiger partial charge is 0.338 e. The van der Waals surface area contributed by atoms with Gasteiger partial charge in [-0.25, -0.2) is 14.8 Å². The van der Waals surface area contributed by atoms with Crippen molar-refractivity contribution in [1.29, 1.82) is 0 Å². The van der Waals surface area contributed by atoms with Crippen LogP contribution in [0.4, 0.5) is 5.69 Å². The van der Waals surface area contributed by atoms with E-state index in [0.29, 0.717) is 40.9 Å². The molecule has 39 heavy (non-hydrogen) atoms. The Morgan fingerprint density at radius 2 is 1.92 bits per heavy atom. The zero-order valence-corrected chi connectivity index (χ0v) is 23.1. The number of benzene rings is 2. The number of carbonyl (C=O) groups is 2. The maximum absolute atomic E-state index is 13.9. The Balaban J connectivity index is 1.78. The summed E-state index contributed by atoms with van der Waals surface area (Å²) in [5, 5.41) is 2.59. The Morgan fingerprint density at radius 3 is 2.62 bits per heavy atom. The van der Waals surface area contributed by atoms with E-state index in [1.165, 1.54) is 0 Å². The first kappa shape index (κ1) is 26.6. The molecule has 9 heteroatoms. The van der Waals surface area contributed by atoms with Gasteiger partial charge in [0.25, 0.3) is 0 Å². The number of Topliss-reactive ketones (excluding diaryl/α,β-unsaturated/α-hetero) is 1. The Morgan fingerprint density at radius 1 is 1.18 bits per heavy atom. The van der Waals surface area contributed by atoms with Gasteiger partial charge in [0.1, 0.15) is 16.7 Å². The highest BCUT2D eigenvalue weighted by Crippen LogP contribution is 2.50. The molecule has 0 saturated carbocycles. The summed E-state index contributed by atoms with van der Waals surface area (Å²) < 4.78 is 10.9. The number of fused-ring (bicyclic) bond motifs is 1. The van der Waals surface area contributed by atoms with Crippen molar-refractivity contribution < 1.29 is 19.1 Å². The third kappa shape index (κ3) is 4.92. The van der Waals surface area contributed by atoms with Crippen LogP contribution in [0.25, 0.3) is 10.9 Å². The van der Waals surface area contributed by atoms with Gasteiger partial charge in [-0.3, -0.25) is 10.2 Å². The highest BCUT2D eigenvalue weighted by atomic mass is 35.5. The van der Waals surface area contributed by atoms with Crippen LogP contribution in [-0.2, 0) is 14.3 Å². The van der Waals surface area contributed by atoms with Gasteiger partial charge in [-0.1, -0.05) is 43.6 Å². The fourth-order valence-corrected chi connectivity index (χ4v) is 5.63. The number of rotatable bonds is 6. The minimum atomic E-state index is -0.855. The number of para-hydroxylation sites is 1. The lowest BCUT2D eigenvalue weighted by Gasteiger charge is -2.44. The summed E-state index contributed by atoms with van der Waals surface area (Å²) in [5.74, 6) is -0.760. The average molecular weight is 547 g/mol. The van der Waals surface area contributed by atoms with Crippen LogP contribution in [0, 0.1) is 5.41 Å². The molecule has 2 heterocycles. The Bertz CT molecular complexity index is 1530. The first-order valence-corrected chi connectivity index (χ1v) is 13.2. The number of allylic oxidation sites excluding steroid dienone is 2. The summed E-state index contributed by atoms with van der Waals surface area (Å²) in [4.78, 5) is 32.1. The van der Waals surface area contributed by atoms with Crippen LogP contribution in [0.15, 0.2) is 77.3 Å². The number of ether oxygens (including phenoxy) is 2. The minimum Gasteiger partial charge on any atom is -0.497 e. The number of nitrogens with two attached hydrogens (primary N) is 1. The molecule has 0 radical (unpaired) electrons. The fourth-order valence-electron chi connectivity index (χ4n) is 5.38. The first-order valence-electron chi connectivity index (χ1n) is 12.8. The van der Waals surface area contributed by atoms with E-state index in [-0.39, 0.29) is 34.4 Å². The third-order valence-corrected chi connectivity index (χ3v) is 7.39. The summed E-state index contributed by atoms with van der Waals surface area (Å²) in [5.41, 5.74) is 13.0. The molecule has 1 atom stereocenters. The molecule has 0 fully saturated rings. The monoisotopic (exact) mass is 546 g/mol. The predicted octanol–water partition coefficient (Wildman–Crippen LogP) is 5.70. The Kier molecular flexibility index (Phi) is 6.99. The van der Waals surface area contributed by atoms with Crippen LogP contribution in [0.1, 0.15) is 45.1 Å². The number of hydrazine groups is 1. The number of carbonyl (C=O) groups excluding carboxylic acids is 2. The number of methoxy groups -OCH3 is 1. The van der Waals surface area contributed by atoms with E-state index in [0.717, 1.165) is 11.1 Å². The molecule has 0 amide bonds. The molecule has 0 saturated heterocycles. The number of pyridine rings is 1. The maximum Gasteiger partial charge on any atom is 0.338 e. The van der Waals surface area contributed by atoms with Crippen molar-refractivity contribution >= 4 is 39.9 Å². The molecule has 0 bridgehead atoms. The van der Waals surface area contributed by atoms with Crippen molar-refractivity contribution in [3.8, 4) is 5.75 Å². The molecule has 5 rings (SSSR count). The van der Waals surface area contributed by atoms with E-state index in [1.807, 2.05) is 62.4 Å². The summed E-state index contributed by atoms with van der Waals surface area (Å²) in [6.07, 6.45) is 0.859. The van der Waals surface area contributed by atoms with Crippen LogP contribution >= 0.6 is 11.6 Å². The second-order valence-corrected chi connectivity index (χ2v) is 10.9. The second-order valence-electron chi connectivity index (χ2n) is 10.5. The van der Waals surface area contributed by atoms with E-state index in [4.69, 9.17) is 26.8 Å². The van der Waals surface area contributed by atoms with Gasteiger partial charge in [0.15, 0.2) is 5.78 Å². The molecule has 3 N–H and O–H groups in total. The highest BCUT2D eigenvalue weighted by Gasteiger charge is 2.47. The molecule has 0 spiro atoms. The third-order valence-electron chi connectivity index (χ3n) is 7.08. The van der Waals surface area contributed by atoms with Gasteiger partial charge in [0.05, 0.1) is 42.1 Å². The SMILES string of the molecule is CCOC(=O)C1=C(N)N(Nc2ccccc2)C2=C(C(=O)CC(C)(C)C2)C1c1cc2cc(OC)ccc2nc1Cl. The topological polar surface area (TPSA) is 107 Å². The molecule has 2 aliphatic rings. The lowest BCUT2D eigenvalue weighted by molar-refractivity contribution is -0.139. The lowest BCUT2D eigenvalue weighted by Crippen LogP contribution is -2.45. The van der Waals surface area contributed by atoms with E-state index in [9.17, 15) is 9.59 Å². The van der Waals surface area contributed by atoms with Crippen molar-refractivity contribution in [2.24, 2.45) is 11.1 Å². The number of nitrogens with one attached hydrogen (secondary N) is 1. The van der Waals surface area contributed by atoms with Gasteiger partial charge < -0.3 is 15.2 Å². The van der Waals surface area contributed by atoms with Crippen molar-refractivity contribution in [3.05, 3.63) is 88.0 Å². The zero-order valence-electron chi connectivity index (χ0n) is 22.4. The van der Waals surface area contributed by atoms with Crippen molar-refractivity contribution in [2.45, 2.75) is 39.5 Å². The van der Waals surface area contributed by atoms with Crippen LogP contribution in [0.5, 0.6) is 5.75 Å². The molecule has 8 nitrogen and oxygen atoms in total. The summed E-state index contributed by atoms with van der Waals surface area (Å²) >= 11 is 6.79. The molecule has 3 aromatic rings. The molecular formula is C30H31ClN4O4. The van der Waals surface area contributed by atoms with Crippen LogP contribution < -0.4 is 15.9 Å². The van der Waals surface area contributed by atoms with Crippen molar-refractivity contribution in [1.82, 2.24) is 9.99 Å². The minimum absolute atomic E-state index is 0.0813. The number of hydrogen-bond donors (Lipinski definition) is 2. The zero-order chi connectivity index (χ0) is 27.9. The fraction of sp³-hybridized carbons (Fsp3) is 0.300. The lowest BCUT2D eigenvalue weighted by atomic mass is 9.69. The van der Waals surface area contributed by atoms with E-state index < -0.39 is 11.9 Å². The van der Waals surface area contributed by atoms with Gasteiger partial charge >= 0.3 is 5.97 Å². The largest absolute Gasteiger partial charge is 0.497 e. The molecule has 1 unspecified atom stereocenters. The molecule has 1 aromatic heterocycles. The number of halogens is 1. The van der Waals surface area contributed by atoms with Gasteiger partial charge in [-0.2, -0.15) is 0 Å². The predicted molar refractivity (Wildman–Crippen MR) is 151 cm³/mol. The van der Waals surface area contributed by atoms with E-state index in [2.05, 4.69) is 10.4 Å². The first-order chi connectivity index (χ1) is 18.6. The summed E-state index contributed by atoms with van der Waals surface area (Å²) in [6, 6.07) is 16.8. The number of ketones is 1. The summed E-state index contributed by atoms with van der Waals surface area (Å²) in [6.45, 7) is 5.95. The number of anilines is 1. The Labute approximate surface area is 232 Å². The quantitative estimate of drug-likeness (QED) is 0.299. The Hall–Kier alpha value is -4.04. The van der Waals surface area contributed by atoms with Gasteiger partial charge in [0, 0.05) is 22.9 Å². The average Bonchev–Trinajstić information content (AvgIpc) is 2.89. The maximum atomic E-state index is 13.9. The molecule has 2 aromatic carbocycles. The second kappa shape index (κ2) is 10.3. The van der Waals surface area contributed by atoms with E-state index in [1.54, 1.807) is 25.1 Å². The number of nitrogens with zero attached hydrogens (tertiary/aromatic N) is 2. The molecule has 1 aliphatic carbocycles. The van der Waals surface area contributed by atoms with E-state index >= 15 is 0 Å². The van der Waals surface area contributed by atoms with Crippen LogP contribution in [0.2, 0.25) is 5.15 Å². The summed E-state index contributed by atoms with van der Waals surface area (Å²) in [7, 11) is 1.59. The molecule has 202 valence electrons. The van der Waals surface area contributed by atoms with Crippen LogP contribution in [-0.4, -0.2) is 35.5 Å². The molecular weight excluding hydrogens is 516 g/mol. The van der Waals surface area contributed by atoms with Gasteiger partial charge in [0.2, 0.25) is 0 Å². The van der Waals surface area contributed by atoms with Gasteiger partial charge in [-0.15, -0.1) is 0 Å². The van der Waals surface area contributed by atoms with Crippen LogP contribution in [0.3, 0.4) is 0 Å². The standard InChI is InChI=1S/C30H31ClN4O4/c1-5-39-29(37)26-24(20-14-17-13-19(38-4)11-12-21(17)33-27(20)31)25-22(15-30(2,3)16-23(25)36)35(28(26)32)34-18-9-7-6-8-10-18/h6-14,24,34H,5,15-16,32H2,1-4H3. The normalized spacial score (nSPS) is 18.7. The number of esters is 1. The van der Waals surface area contributed by atoms with Gasteiger partial charge in [-0.05, 0) is 55.2 Å². The number of hydrogen-bond acceptors (Lipinski definition) is 8.